The molecule has 2 N–H and O–H groups in total. The second-order valence-electron chi connectivity index (χ2n) is 3.10. The van der Waals surface area contributed by atoms with Gasteiger partial charge in [0, 0.05) is 18.5 Å². The van der Waals surface area contributed by atoms with Crippen molar-refractivity contribution in [3.8, 4) is 0 Å². The molecule has 9 heavy (non-hydrogen) atoms. The van der Waals surface area contributed by atoms with Crippen LogP contribution in [0.2, 0.25) is 0 Å². The van der Waals surface area contributed by atoms with Crippen molar-refractivity contribution >= 4 is 0 Å². The number of nitrogens with two attached hydrogens (primary N) is 1. The van der Waals surface area contributed by atoms with Crippen LogP contribution < -0.4 is 5.84 Å². The van der Waals surface area contributed by atoms with Crippen LogP contribution in [0.3, 0.4) is 0 Å². The first kappa shape index (κ1) is 5.62. The molecule has 0 aromatic heterocycles. The SMILES string of the molecule is NN1CC2CC1CC2F. The van der Waals surface area contributed by atoms with Crippen LogP contribution in [0, 0.1) is 5.92 Å². The third-order valence-corrected chi connectivity index (χ3v) is 2.50. The highest BCUT2D eigenvalue weighted by atomic mass is 19.1. The van der Waals surface area contributed by atoms with Gasteiger partial charge < -0.3 is 0 Å². The highest BCUT2D eigenvalue weighted by Crippen LogP contribution is 2.37. The van der Waals surface area contributed by atoms with Crippen LogP contribution in [0.4, 0.5) is 4.39 Å². The number of hydrogen-bond acceptors (Lipinski definition) is 2. The third-order valence-electron chi connectivity index (χ3n) is 2.50. The number of rotatable bonds is 0. The maximum atomic E-state index is 12.7. The van der Waals surface area contributed by atoms with Crippen LogP contribution in [-0.4, -0.2) is 23.8 Å². The molecule has 3 atom stereocenters. The monoisotopic (exact) mass is 130 g/mol. The molecular formula is C6H11FN2. The number of hydrazine groups is 1. The normalized spacial score (nSPS) is 50.7. The standard InChI is InChI=1S/C6H11FN2/c7-6-2-5-1-4(6)3-9(5)8/h4-6H,1-3,8H2. The summed E-state index contributed by atoms with van der Waals surface area (Å²) in [5, 5.41) is 1.78. The maximum Gasteiger partial charge on any atom is 0.106 e. The van der Waals surface area contributed by atoms with E-state index in [0.717, 1.165) is 13.0 Å². The average Bonchev–Trinajstić information content (AvgIpc) is 2.24. The smallest absolute Gasteiger partial charge is 0.106 e. The van der Waals surface area contributed by atoms with E-state index in [1.54, 1.807) is 5.01 Å². The molecule has 52 valence electrons. The summed E-state index contributed by atoms with van der Waals surface area (Å²) in [6.07, 6.45) is 1.09. The lowest BCUT2D eigenvalue weighted by Crippen LogP contribution is -2.41. The van der Waals surface area contributed by atoms with Crippen molar-refractivity contribution in [1.29, 1.82) is 0 Å². The first-order valence-corrected chi connectivity index (χ1v) is 3.43. The molecule has 3 heteroatoms. The van der Waals surface area contributed by atoms with E-state index < -0.39 is 6.17 Å². The highest BCUT2D eigenvalue weighted by Gasteiger charge is 2.43. The van der Waals surface area contributed by atoms with Crippen molar-refractivity contribution in [2.24, 2.45) is 11.8 Å². The molecule has 3 unspecified atom stereocenters. The van der Waals surface area contributed by atoms with E-state index in [1.165, 1.54) is 0 Å². The molecule has 0 aromatic carbocycles. The molecule has 2 rings (SSSR count). The summed E-state index contributed by atoms with van der Waals surface area (Å²) in [7, 11) is 0. The molecular weight excluding hydrogens is 119 g/mol. The molecule has 0 radical (unpaired) electrons. The molecule has 2 aliphatic rings. The lowest BCUT2D eigenvalue weighted by atomic mass is 10.1. The van der Waals surface area contributed by atoms with Crippen LogP contribution in [0.25, 0.3) is 0 Å². The Balaban J connectivity index is 2.10. The minimum absolute atomic E-state index is 0.250. The van der Waals surface area contributed by atoms with Gasteiger partial charge in [0.05, 0.1) is 0 Å². The molecule has 1 saturated carbocycles. The molecule has 2 nitrogen and oxygen atoms in total. The van der Waals surface area contributed by atoms with Crippen LogP contribution in [0.15, 0.2) is 0 Å². The van der Waals surface area contributed by atoms with E-state index in [1.807, 2.05) is 0 Å². The van der Waals surface area contributed by atoms with Crippen LogP contribution in [-0.2, 0) is 0 Å². The van der Waals surface area contributed by atoms with Crippen molar-refractivity contribution < 1.29 is 4.39 Å². The fourth-order valence-electron chi connectivity index (χ4n) is 1.93. The number of alkyl halides is 1. The molecule has 0 amide bonds. The van der Waals surface area contributed by atoms with E-state index in [0.29, 0.717) is 12.5 Å². The lowest BCUT2D eigenvalue weighted by Gasteiger charge is -2.23. The molecule has 1 aliphatic heterocycles. The van der Waals surface area contributed by atoms with Crippen LogP contribution in [0.1, 0.15) is 12.8 Å². The fraction of sp³-hybridized carbons (Fsp3) is 1.00. The first-order valence-electron chi connectivity index (χ1n) is 3.43. The second-order valence-corrected chi connectivity index (χ2v) is 3.10. The summed E-state index contributed by atoms with van der Waals surface area (Å²) in [5.74, 6) is 5.80. The zero-order valence-corrected chi connectivity index (χ0v) is 5.26. The van der Waals surface area contributed by atoms with Gasteiger partial charge in [-0.05, 0) is 12.8 Å². The molecule has 2 bridgehead atoms. The van der Waals surface area contributed by atoms with Crippen LogP contribution in [0.5, 0.6) is 0 Å². The van der Waals surface area contributed by atoms with Crippen molar-refractivity contribution in [2.45, 2.75) is 25.1 Å². The van der Waals surface area contributed by atoms with Gasteiger partial charge in [0.2, 0.25) is 0 Å². The summed E-state index contributed by atoms with van der Waals surface area (Å²) >= 11 is 0. The molecule has 0 spiro atoms. The Morgan fingerprint density at radius 1 is 1.44 bits per heavy atom. The Labute approximate surface area is 53.8 Å². The third kappa shape index (κ3) is 0.682. The van der Waals surface area contributed by atoms with Gasteiger partial charge in [0.25, 0.3) is 0 Å². The number of nitrogens with zero attached hydrogens (tertiary/aromatic N) is 1. The van der Waals surface area contributed by atoms with Gasteiger partial charge >= 0.3 is 0 Å². The van der Waals surface area contributed by atoms with Gasteiger partial charge in [-0.3, -0.25) is 5.84 Å². The second kappa shape index (κ2) is 1.67. The zero-order chi connectivity index (χ0) is 6.43. The number of fused-ring (bicyclic) bond motifs is 2. The van der Waals surface area contributed by atoms with E-state index in [-0.39, 0.29) is 5.92 Å². The predicted octanol–water partition coefficient (Wildman–Crippen LogP) is 0.292. The predicted molar refractivity (Wildman–Crippen MR) is 32.3 cm³/mol. The van der Waals surface area contributed by atoms with Gasteiger partial charge in [0.15, 0.2) is 0 Å². The Kier molecular flexibility index (Phi) is 1.04. The summed E-state index contributed by atoms with van der Waals surface area (Å²) in [6, 6.07) is 0.352. The summed E-state index contributed by atoms with van der Waals surface area (Å²) in [5.41, 5.74) is 0. The summed E-state index contributed by atoms with van der Waals surface area (Å²) in [6.45, 7) is 0.770. The largest absolute Gasteiger partial charge is 0.269 e. The molecule has 0 aromatic rings. The van der Waals surface area contributed by atoms with Gasteiger partial charge in [-0.1, -0.05) is 0 Å². The minimum atomic E-state index is -0.560. The minimum Gasteiger partial charge on any atom is -0.269 e. The van der Waals surface area contributed by atoms with Crippen molar-refractivity contribution in [3.63, 3.8) is 0 Å². The zero-order valence-electron chi connectivity index (χ0n) is 5.26. The van der Waals surface area contributed by atoms with Crippen LogP contribution >= 0.6 is 0 Å². The van der Waals surface area contributed by atoms with Crippen molar-refractivity contribution in [1.82, 2.24) is 5.01 Å². The topological polar surface area (TPSA) is 29.3 Å². The molecule has 2 fully saturated rings. The van der Waals surface area contributed by atoms with E-state index >= 15 is 0 Å². The molecule has 1 saturated heterocycles. The van der Waals surface area contributed by atoms with Gasteiger partial charge in [-0.2, -0.15) is 0 Å². The lowest BCUT2D eigenvalue weighted by molar-refractivity contribution is 0.144. The molecule has 1 heterocycles. The van der Waals surface area contributed by atoms with E-state index in [2.05, 4.69) is 0 Å². The van der Waals surface area contributed by atoms with Gasteiger partial charge in [-0.15, -0.1) is 0 Å². The Bertz CT molecular complexity index is 110. The Hall–Kier alpha value is -0.150. The number of hydrogen-bond donors (Lipinski definition) is 1. The van der Waals surface area contributed by atoms with E-state index in [9.17, 15) is 4.39 Å². The Morgan fingerprint density at radius 3 is 2.56 bits per heavy atom. The van der Waals surface area contributed by atoms with Crippen molar-refractivity contribution in [3.05, 3.63) is 0 Å². The quantitative estimate of drug-likeness (QED) is 0.478. The summed E-state index contributed by atoms with van der Waals surface area (Å²) < 4.78 is 12.7. The summed E-state index contributed by atoms with van der Waals surface area (Å²) in [4.78, 5) is 0. The van der Waals surface area contributed by atoms with Gasteiger partial charge in [-0.25, -0.2) is 9.40 Å². The highest BCUT2D eigenvalue weighted by molar-refractivity contribution is 4.95. The number of halogens is 1. The van der Waals surface area contributed by atoms with Crippen molar-refractivity contribution in [2.75, 3.05) is 6.54 Å². The molecule has 1 aliphatic carbocycles. The average molecular weight is 130 g/mol. The fourth-order valence-corrected chi connectivity index (χ4v) is 1.93. The first-order chi connectivity index (χ1) is 4.27. The number of piperidine rings is 1. The Morgan fingerprint density at radius 2 is 2.22 bits per heavy atom. The van der Waals surface area contributed by atoms with Gasteiger partial charge in [0.1, 0.15) is 6.17 Å². The van der Waals surface area contributed by atoms with E-state index in [4.69, 9.17) is 5.84 Å². The maximum absolute atomic E-state index is 12.7.